The van der Waals surface area contributed by atoms with Crippen molar-refractivity contribution < 1.29 is 13.5 Å². The second-order valence-corrected chi connectivity index (χ2v) is 4.47. The van der Waals surface area contributed by atoms with Crippen molar-refractivity contribution in [2.75, 3.05) is 36.9 Å². The molecule has 0 amide bonds. The molecule has 0 unspecified atom stereocenters. The number of nitrogens with zero attached hydrogens (tertiary/aromatic N) is 1. The average molecular weight is 287 g/mol. The summed E-state index contributed by atoms with van der Waals surface area (Å²) in [6.07, 6.45) is 2.93. The molecule has 0 radical (unpaired) electrons. The second kappa shape index (κ2) is 9.47. The molecule has 0 saturated heterocycles. The van der Waals surface area contributed by atoms with Crippen LogP contribution in [0.5, 0.6) is 0 Å². The van der Waals surface area contributed by atoms with Crippen molar-refractivity contribution >= 4 is 11.6 Å². The maximum Gasteiger partial charge on any atom is 0.168 e. The lowest BCUT2D eigenvalue weighted by atomic mass is 10.3. The molecule has 1 heterocycles. The van der Waals surface area contributed by atoms with Gasteiger partial charge in [0, 0.05) is 25.8 Å². The van der Waals surface area contributed by atoms with Crippen LogP contribution >= 0.6 is 0 Å². The average Bonchev–Trinajstić information content (AvgIpc) is 2.43. The summed E-state index contributed by atoms with van der Waals surface area (Å²) in [5.74, 6) is -1.26. The summed E-state index contributed by atoms with van der Waals surface area (Å²) in [4.78, 5) is 3.92. The van der Waals surface area contributed by atoms with Crippen molar-refractivity contribution in [1.29, 1.82) is 0 Å². The first kappa shape index (κ1) is 16.6. The van der Waals surface area contributed by atoms with Gasteiger partial charge in [-0.05, 0) is 12.8 Å². The predicted molar refractivity (Wildman–Crippen MR) is 77.2 cm³/mol. The highest BCUT2D eigenvalue weighted by Gasteiger charge is 2.11. The number of nitrogens with one attached hydrogen (secondary N) is 2. The minimum absolute atomic E-state index is 0.0455. The quantitative estimate of drug-likeness (QED) is 0.647. The van der Waals surface area contributed by atoms with Gasteiger partial charge in [-0.1, -0.05) is 20.3 Å². The van der Waals surface area contributed by atoms with Crippen LogP contribution in [0.3, 0.4) is 0 Å². The topological polar surface area (TPSA) is 46.2 Å². The molecule has 1 rings (SSSR count). The van der Waals surface area contributed by atoms with Crippen LogP contribution in [0.4, 0.5) is 20.4 Å². The van der Waals surface area contributed by atoms with E-state index in [0.29, 0.717) is 26.3 Å². The van der Waals surface area contributed by atoms with Gasteiger partial charge in [0.25, 0.3) is 0 Å². The van der Waals surface area contributed by atoms with Crippen LogP contribution in [0.15, 0.2) is 6.07 Å². The van der Waals surface area contributed by atoms with Crippen LogP contribution in [0, 0.1) is 11.6 Å². The smallest absolute Gasteiger partial charge is 0.168 e. The van der Waals surface area contributed by atoms with E-state index in [1.54, 1.807) is 0 Å². The summed E-state index contributed by atoms with van der Waals surface area (Å²) in [6.45, 7) is 6.24. The molecule has 4 nitrogen and oxygen atoms in total. The Kier molecular flexibility index (Phi) is 7.87. The fourth-order valence-corrected chi connectivity index (χ4v) is 1.55. The van der Waals surface area contributed by atoms with E-state index in [4.69, 9.17) is 4.74 Å². The van der Waals surface area contributed by atoms with Gasteiger partial charge in [-0.3, -0.25) is 0 Å². The highest BCUT2D eigenvalue weighted by atomic mass is 19.1. The molecule has 0 spiro atoms. The molecule has 0 aliphatic carbocycles. The summed E-state index contributed by atoms with van der Waals surface area (Å²) in [7, 11) is 0. The number of anilines is 2. The highest BCUT2D eigenvalue weighted by Crippen LogP contribution is 2.18. The van der Waals surface area contributed by atoms with E-state index in [-0.39, 0.29) is 11.6 Å². The van der Waals surface area contributed by atoms with Crippen LogP contribution in [0.25, 0.3) is 0 Å². The number of rotatable bonds is 10. The number of ether oxygens (including phenoxy) is 1. The first-order valence-corrected chi connectivity index (χ1v) is 7.10. The van der Waals surface area contributed by atoms with Crippen LogP contribution in [0.2, 0.25) is 0 Å². The van der Waals surface area contributed by atoms with Gasteiger partial charge in [-0.15, -0.1) is 0 Å². The lowest BCUT2D eigenvalue weighted by Crippen LogP contribution is -2.14. The van der Waals surface area contributed by atoms with Gasteiger partial charge in [-0.2, -0.15) is 0 Å². The molecule has 1 aromatic heterocycles. The Bertz CT molecular complexity index is 402. The van der Waals surface area contributed by atoms with Gasteiger partial charge < -0.3 is 15.4 Å². The molecule has 0 fully saturated rings. The van der Waals surface area contributed by atoms with Crippen LogP contribution in [-0.2, 0) is 4.74 Å². The number of pyridine rings is 1. The first-order chi connectivity index (χ1) is 9.69. The van der Waals surface area contributed by atoms with Gasteiger partial charge in [0.1, 0.15) is 0 Å². The van der Waals surface area contributed by atoms with Gasteiger partial charge in [-0.25, -0.2) is 13.8 Å². The third-order valence-electron chi connectivity index (χ3n) is 2.65. The van der Waals surface area contributed by atoms with Gasteiger partial charge in [0.15, 0.2) is 23.3 Å². The van der Waals surface area contributed by atoms with E-state index < -0.39 is 11.6 Å². The number of hydrogen-bond donors (Lipinski definition) is 2. The normalized spacial score (nSPS) is 10.6. The second-order valence-electron chi connectivity index (χ2n) is 4.47. The zero-order chi connectivity index (χ0) is 14.8. The van der Waals surface area contributed by atoms with Crippen molar-refractivity contribution in [2.45, 2.75) is 33.1 Å². The SMILES string of the molecule is CCCCOCCNc1nc(NCCC)c(F)cc1F. The van der Waals surface area contributed by atoms with E-state index in [0.717, 1.165) is 25.3 Å². The fourth-order valence-electron chi connectivity index (χ4n) is 1.55. The molecule has 0 atom stereocenters. The van der Waals surface area contributed by atoms with Crippen LogP contribution in [-0.4, -0.2) is 31.3 Å². The van der Waals surface area contributed by atoms with Gasteiger partial charge in [0.05, 0.1) is 6.61 Å². The Morgan fingerprint density at radius 2 is 1.65 bits per heavy atom. The molecular formula is C14H23F2N3O. The zero-order valence-corrected chi connectivity index (χ0v) is 12.1. The Morgan fingerprint density at radius 1 is 1.00 bits per heavy atom. The molecule has 114 valence electrons. The first-order valence-electron chi connectivity index (χ1n) is 7.10. The maximum absolute atomic E-state index is 13.5. The largest absolute Gasteiger partial charge is 0.380 e. The third-order valence-corrected chi connectivity index (χ3v) is 2.65. The van der Waals surface area contributed by atoms with Crippen molar-refractivity contribution in [3.63, 3.8) is 0 Å². The minimum Gasteiger partial charge on any atom is -0.380 e. The molecule has 20 heavy (non-hydrogen) atoms. The summed E-state index contributed by atoms with van der Waals surface area (Å²) in [6, 6.07) is 0.839. The van der Waals surface area contributed by atoms with Crippen molar-refractivity contribution in [1.82, 2.24) is 4.98 Å². The van der Waals surface area contributed by atoms with Crippen molar-refractivity contribution in [3.8, 4) is 0 Å². The van der Waals surface area contributed by atoms with Crippen molar-refractivity contribution in [2.24, 2.45) is 0 Å². The Morgan fingerprint density at radius 3 is 2.25 bits per heavy atom. The van der Waals surface area contributed by atoms with E-state index in [1.807, 2.05) is 6.92 Å². The van der Waals surface area contributed by atoms with Gasteiger partial charge >= 0.3 is 0 Å². The van der Waals surface area contributed by atoms with Crippen LogP contribution in [0.1, 0.15) is 33.1 Å². The summed E-state index contributed by atoms with van der Waals surface area (Å²) in [5.41, 5.74) is 0. The molecule has 0 aromatic carbocycles. The molecule has 0 aliphatic heterocycles. The summed E-state index contributed by atoms with van der Waals surface area (Å²) >= 11 is 0. The summed E-state index contributed by atoms with van der Waals surface area (Å²) < 4.78 is 32.4. The van der Waals surface area contributed by atoms with E-state index in [2.05, 4.69) is 22.5 Å². The third kappa shape index (κ3) is 5.69. The predicted octanol–water partition coefficient (Wildman–Crippen LogP) is 3.41. The number of unbranched alkanes of at least 4 members (excludes halogenated alkanes) is 1. The highest BCUT2D eigenvalue weighted by molar-refractivity contribution is 5.47. The molecule has 1 aromatic rings. The minimum atomic E-state index is -0.696. The monoisotopic (exact) mass is 287 g/mol. The lowest BCUT2D eigenvalue weighted by Gasteiger charge is -2.11. The number of hydrogen-bond acceptors (Lipinski definition) is 4. The molecule has 6 heteroatoms. The molecule has 0 saturated carbocycles. The molecule has 0 bridgehead atoms. The van der Waals surface area contributed by atoms with E-state index in [9.17, 15) is 8.78 Å². The molecule has 0 aliphatic rings. The van der Waals surface area contributed by atoms with Crippen molar-refractivity contribution in [3.05, 3.63) is 17.7 Å². The van der Waals surface area contributed by atoms with E-state index in [1.165, 1.54) is 0 Å². The Balaban J connectivity index is 2.47. The summed E-state index contributed by atoms with van der Waals surface area (Å²) in [5, 5.41) is 5.64. The van der Waals surface area contributed by atoms with Crippen LogP contribution < -0.4 is 10.6 Å². The Hall–Kier alpha value is -1.43. The van der Waals surface area contributed by atoms with E-state index >= 15 is 0 Å². The standard InChI is InChI=1S/C14H23F2N3O/c1-3-5-8-20-9-7-18-14-12(16)10-11(15)13(19-14)17-6-4-2/h10H,3-9H2,1-2H3,(H2,17,18,19). The number of aromatic nitrogens is 1. The molecule has 2 N–H and O–H groups in total. The molecular weight excluding hydrogens is 264 g/mol. The Labute approximate surface area is 118 Å². The number of halogens is 2. The zero-order valence-electron chi connectivity index (χ0n) is 12.1. The van der Waals surface area contributed by atoms with Gasteiger partial charge in [0.2, 0.25) is 0 Å². The lowest BCUT2D eigenvalue weighted by molar-refractivity contribution is 0.141. The fraction of sp³-hybridized carbons (Fsp3) is 0.643. The maximum atomic E-state index is 13.5.